The van der Waals surface area contributed by atoms with Gasteiger partial charge in [-0.15, -0.1) is 0 Å². The third-order valence-corrected chi connectivity index (χ3v) is 28.4. The van der Waals surface area contributed by atoms with Gasteiger partial charge in [-0.05, 0) is 373 Å². The molecule has 0 spiro atoms. The van der Waals surface area contributed by atoms with E-state index in [1.165, 1.54) is 221 Å². The van der Waals surface area contributed by atoms with Crippen LogP contribution in [0.25, 0.3) is 12.2 Å². The summed E-state index contributed by atoms with van der Waals surface area (Å²) in [5.41, 5.74) is 9.97. The highest BCUT2D eigenvalue weighted by atomic mass is 16.3. The van der Waals surface area contributed by atoms with Crippen LogP contribution >= 0.6 is 0 Å². The van der Waals surface area contributed by atoms with Gasteiger partial charge in [-0.3, -0.25) is 52.7 Å². The van der Waals surface area contributed by atoms with Crippen LogP contribution in [-0.2, 0) is 22.7 Å². The zero-order valence-electron chi connectivity index (χ0n) is 81.7. The van der Waals surface area contributed by atoms with E-state index in [0.717, 1.165) is 111 Å². The topological polar surface area (TPSA) is 410 Å². The fourth-order valence-electron chi connectivity index (χ4n) is 17.1. The van der Waals surface area contributed by atoms with Crippen molar-refractivity contribution in [2.45, 2.75) is 191 Å². The zero-order valence-corrected chi connectivity index (χ0v) is 81.7. The molecule has 0 aliphatic heterocycles. The SMILES string of the molecule is C/C=C/Cc1ccc(O)c(=O)cc1.CC/C=C/c1ccc(O)c(=O)cc1.CC/C=C\c1ccc(O)c(=O)cc1.CC1(c2ccc(O)c(=O)cc2)CC1.C[C@@H]1CC1c1ccc(O)c(=O)cc1.C[C@@H]1CC1c1ccc(O)c(=O)cc1.C[C@H]1CC1c1ccc(O)c(=O)cc1.C[C@H]1CC1c1ccc(O)c(=O)cc1.O=c1ccc(C23C4C2C43)ccc1O.O=c1ccc(C23CC2C3)ccc1O.O=c1ccc(C2CCC2)ccc1O. The average molecular weight is 1930 g/mol. The van der Waals surface area contributed by atoms with Crippen molar-refractivity contribution in [3.63, 3.8) is 0 Å². The van der Waals surface area contributed by atoms with Gasteiger partial charge in [-0.2, -0.15) is 0 Å². The van der Waals surface area contributed by atoms with E-state index in [0.29, 0.717) is 40.4 Å². The van der Waals surface area contributed by atoms with E-state index < -0.39 is 0 Å². The first-order valence-electron chi connectivity index (χ1n) is 48.9. The number of aromatic hydroxyl groups is 11. The minimum atomic E-state index is -0.351. The highest BCUT2D eigenvalue weighted by Gasteiger charge is 3.09. The van der Waals surface area contributed by atoms with Crippen LogP contribution in [0.2, 0.25) is 0 Å². The summed E-state index contributed by atoms with van der Waals surface area (Å²) in [5.74, 6) is 7.65. The van der Waals surface area contributed by atoms with Gasteiger partial charge in [0, 0.05) is 5.41 Å². The van der Waals surface area contributed by atoms with Crippen molar-refractivity contribution >= 4 is 12.2 Å². The number of allylic oxidation sites excluding steroid dienone is 4. The Hall–Kier alpha value is -15.2. The highest BCUT2D eigenvalue weighted by Crippen LogP contribution is 3.09. The van der Waals surface area contributed by atoms with Gasteiger partial charge >= 0.3 is 0 Å². The molecule has 12 saturated carbocycles. The predicted octanol–water partition coefficient (Wildman–Crippen LogP) is 19.8. The molecule has 22 heteroatoms. The number of hydrogen-bond acceptors (Lipinski definition) is 22. The maximum atomic E-state index is 11.1. The lowest BCUT2D eigenvalue weighted by Gasteiger charge is -2.24. The second-order valence-corrected chi connectivity index (χ2v) is 39.2. The third-order valence-electron chi connectivity index (χ3n) is 28.4. The first-order valence-corrected chi connectivity index (χ1v) is 48.9. The van der Waals surface area contributed by atoms with Crippen LogP contribution in [-0.4, -0.2) is 56.2 Å². The molecule has 0 bridgehead atoms. The van der Waals surface area contributed by atoms with Crippen LogP contribution in [0.1, 0.15) is 230 Å². The maximum Gasteiger partial charge on any atom is 0.220 e. The van der Waals surface area contributed by atoms with Gasteiger partial charge in [0.15, 0.2) is 63.2 Å². The molecule has 11 aromatic carbocycles. The minimum absolute atomic E-state index is 0.143. The molecule has 742 valence electrons. The Labute approximate surface area is 830 Å². The summed E-state index contributed by atoms with van der Waals surface area (Å²) < 4.78 is 0. The van der Waals surface area contributed by atoms with Gasteiger partial charge < -0.3 is 56.2 Å². The first kappa shape index (κ1) is 107. The summed E-state index contributed by atoms with van der Waals surface area (Å²) in [6.07, 6.45) is 27.8. The molecule has 11 aromatic rings. The van der Waals surface area contributed by atoms with Crippen molar-refractivity contribution in [2.75, 3.05) is 0 Å². The van der Waals surface area contributed by atoms with E-state index in [9.17, 15) is 68.1 Å². The quantitative estimate of drug-likeness (QED) is 0.0450. The van der Waals surface area contributed by atoms with E-state index in [-0.39, 0.29) is 128 Å². The largest absolute Gasteiger partial charge is 0.504 e. The standard InChI is InChI=1S/C11H8O2.C11H10O2.9C11H12O2/c12-6-3-1-5(2-4-7(6)13)11-8-9(11)10(8)11;12-9-3-1-7(2-4-10(9)13)11-5-8(11)6-11;1-11(6-7-11)8-2-4-9(12)10(13)5-3-8;4*1-7-6-9(7)8-2-4-10(12)11(13)5-3-8;12-10-6-4-9(5-7-11(10)13)8-2-1-3-8;3*1-2-3-4-9-5-7-10(12)11(13)8-6-9/h1-4,8-10H,(H,12,13);1-4,8H,5-6H2,(H,12,13);2-5H,6-7H2,1H3,(H,12,13);4*2-5,7,9H,6H2,1H3,(H,12,13);4-8H,1-3H2,(H,12,13);2*3-8H,2H2,1H3,(H,12,13);2-3,5-8H,4H2,1H3,(H,12,13)/b;;;;;;;;4-3+;4-3-;3-2+/t;;;4*7-,9?;;;;/m...1100..../s1. The fraction of sp³-hybridized carbons (Fsp3) is 0.314. The molecular formula is C121H126O22. The van der Waals surface area contributed by atoms with Crippen molar-refractivity contribution in [3.05, 3.63) is 465 Å². The molecule has 12 aliphatic rings. The molecule has 0 radical (unpaired) electrons. The number of fused-ring (bicyclic) bond motifs is 1. The Bertz CT molecular complexity index is 6610. The molecule has 0 aromatic heterocycles. The minimum Gasteiger partial charge on any atom is -0.504 e. The van der Waals surface area contributed by atoms with E-state index in [1.807, 2.05) is 154 Å². The summed E-state index contributed by atoms with van der Waals surface area (Å²) in [6.45, 7) is 17.0. The predicted molar refractivity (Wildman–Crippen MR) is 561 cm³/mol. The van der Waals surface area contributed by atoms with E-state index in [2.05, 4.69) is 34.6 Å². The van der Waals surface area contributed by atoms with Gasteiger partial charge in [-0.25, -0.2) is 0 Å². The van der Waals surface area contributed by atoms with Crippen LogP contribution in [0.3, 0.4) is 0 Å². The van der Waals surface area contributed by atoms with Crippen LogP contribution in [0.5, 0.6) is 63.2 Å². The second kappa shape index (κ2) is 47.8. The molecule has 11 N–H and O–H groups in total. The zero-order chi connectivity index (χ0) is 103. The molecular weight excluding hydrogens is 1810 g/mol. The Morgan fingerprint density at radius 1 is 0.287 bits per heavy atom. The van der Waals surface area contributed by atoms with Crippen molar-refractivity contribution in [2.24, 2.45) is 47.3 Å². The van der Waals surface area contributed by atoms with Crippen LogP contribution < -0.4 is 59.7 Å². The Kier molecular flexibility index (Phi) is 35.7. The average Bonchev–Trinajstić information content (AvgIpc) is 1.35. The molecule has 8 atom stereocenters. The van der Waals surface area contributed by atoms with Crippen LogP contribution in [0.4, 0.5) is 0 Å². The number of hydrogen-bond donors (Lipinski definition) is 11. The van der Waals surface area contributed by atoms with E-state index in [4.69, 9.17) is 40.9 Å². The van der Waals surface area contributed by atoms with Crippen molar-refractivity contribution in [3.8, 4) is 63.2 Å². The summed E-state index contributed by atoms with van der Waals surface area (Å²) in [5, 5.41) is 101. The molecule has 12 fully saturated rings. The summed E-state index contributed by atoms with van der Waals surface area (Å²) in [7, 11) is 0. The molecule has 23 rings (SSSR count). The molecule has 143 heavy (non-hydrogen) atoms. The normalized spacial score (nSPS) is 22.7. The fourth-order valence-corrected chi connectivity index (χ4v) is 17.1. The van der Waals surface area contributed by atoms with Gasteiger partial charge in [0.2, 0.25) is 59.7 Å². The van der Waals surface area contributed by atoms with Crippen molar-refractivity contribution < 1.29 is 56.2 Å². The molecule has 0 amide bonds. The summed E-state index contributed by atoms with van der Waals surface area (Å²) >= 11 is 0. The Morgan fingerprint density at radius 3 is 0.790 bits per heavy atom. The smallest absolute Gasteiger partial charge is 0.220 e. The highest BCUT2D eigenvalue weighted by molar-refractivity contribution is 5.68. The summed E-state index contributed by atoms with van der Waals surface area (Å²) in [6, 6.07) is 71.7. The molecule has 0 heterocycles. The number of rotatable bonds is 14. The van der Waals surface area contributed by atoms with Gasteiger partial charge in [-0.1, -0.05) is 225 Å². The third kappa shape index (κ3) is 29.7. The lowest BCUT2D eigenvalue weighted by atomic mass is 9.81. The molecule has 22 nitrogen and oxygen atoms in total. The van der Waals surface area contributed by atoms with Crippen LogP contribution in [0.15, 0.2) is 344 Å². The van der Waals surface area contributed by atoms with Crippen molar-refractivity contribution in [1.29, 1.82) is 0 Å². The van der Waals surface area contributed by atoms with E-state index in [1.54, 1.807) is 36.4 Å². The van der Waals surface area contributed by atoms with Gasteiger partial charge in [0.1, 0.15) is 0 Å². The Balaban J connectivity index is 0.000000140. The second-order valence-electron chi connectivity index (χ2n) is 39.2. The van der Waals surface area contributed by atoms with Gasteiger partial charge in [0.25, 0.3) is 0 Å². The van der Waals surface area contributed by atoms with Crippen LogP contribution in [0, 0.1) is 47.3 Å². The monoisotopic (exact) mass is 1930 g/mol. The lowest BCUT2D eigenvalue weighted by Crippen LogP contribution is -2.07. The van der Waals surface area contributed by atoms with E-state index >= 15 is 0 Å². The lowest BCUT2D eigenvalue weighted by molar-refractivity contribution is 0.420. The first-order chi connectivity index (χ1) is 68.3. The Morgan fingerprint density at radius 2 is 0.510 bits per heavy atom. The summed E-state index contributed by atoms with van der Waals surface area (Å²) in [4.78, 5) is 121. The molecule has 12 aliphatic carbocycles. The maximum absolute atomic E-state index is 11.1. The molecule has 0 saturated heterocycles. The molecule has 4 unspecified atom stereocenters. The van der Waals surface area contributed by atoms with Crippen molar-refractivity contribution in [1.82, 2.24) is 0 Å². The van der Waals surface area contributed by atoms with Gasteiger partial charge in [0.05, 0.1) is 0 Å².